The van der Waals surface area contributed by atoms with Crippen LogP contribution in [0.2, 0.25) is 5.02 Å². The number of nitrogens with zero attached hydrogens (tertiary/aromatic N) is 1. The Hall–Kier alpha value is -2.07. The van der Waals surface area contributed by atoms with Crippen LogP contribution in [0, 0.1) is 13.8 Å². The predicted octanol–water partition coefficient (Wildman–Crippen LogP) is 3.84. The molecule has 1 heterocycles. The van der Waals surface area contributed by atoms with Crippen molar-refractivity contribution in [3.05, 3.63) is 52.3 Å². The maximum absolute atomic E-state index is 11.1. The smallest absolute Gasteiger partial charge is 0.341 e. The van der Waals surface area contributed by atoms with E-state index < -0.39 is 5.97 Å². The van der Waals surface area contributed by atoms with E-state index >= 15 is 0 Å². The molecule has 0 aliphatic carbocycles. The Kier molecular flexibility index (Phi) is 3.71. The van der Waals surface area contributed by atoms with Crippen LogP contribution in [0.5, 0.6) is 11.5 Å². The second kappa shape index (κ2) is 5.28. The van der Waals surface area contributed by atoms with Crippen molar-refractivity contribution >= 4 is 17.6 Å². The lowest BCUT2D eigenvalue weighted by molar-refractivity contribution is 0.0693. The van der Waals surface area contributed by atoms with Crippen molar-refractivity contribution in [2.75, 3.05) is 0 Å². The molecule has 1 aromatic heterocycles. The van der Waals surface area contributed by atoms with Gasteiger partial charge in [0.1, 0.15) is 17.1 Å². The molecule has 0 aliphatic heterocycles. The van der Waals surface area contributed by atoms with Gasteiger partial charge in [0.25, 0.3) is 0 Å². The van der Waals surface area contributed by atoms with Crippen molar-refractivity contribution < 1.29 is 14.6 Å². The molecule has 2 aromatic rings. The molecule has 5 heteroatoms. The first-order valence-electron chi connectivity index (χ1n) is 5.61. The number of hydrogen-bond donors (Lipinski definition) is 1. The number of carboxylic acids is 1. The van der Waals surface area contributed by atoms with Gasteiger partial charge >= 0.3 is 5.97 Å². The maximum Gasteiger partial charge on any atom is 0.341 e. The van der Waals surface area contributed by atoms with E-state index in [2.05, 4.69) is 4.98 Å². The molecule has 1 aromatic carbocycles. The van der Waals surface area contributed by atoms with E-state index in [4.69, 9.17) is 21.4 Å². The first kappa shape index (κ1) is 13.4. The third-order valence-corrected chi connectivity index (χ3v) is 2.84. The number of hydrogen-bond acceptors (Lipinski definition) is 3. The van der Waals surface area contributed by atoms with Crippen LogP contribution in [0.4, 0.5) is 0 Å². The molecule has 4 nitrogen and oxygen atoms in total. The first-order valence-corrected chi connectivity index (χ1v) is 5.99. The maximum atomic E-state index is 11.1. The third kappa shape index (κ3) is 3.03. The average molecular weight is 278 g/mol. The van der Waals surface area contributed by atoms with Crippen molar-refractivity contribution in [2.45, 2.75) is 13.8 Å². The standard InChI is InChI=1S/C14H12ClNO3/c1-8-3-4-10(15)6-12(8)19-13-5-9(2)16-7-11(13)14(17)18/h3-7H,1-2H3,(H,17,18). The minimum atomic E-state index is -1.08. The molecule has 19 heavy (non-hydrogen) atoms. The molecule has 0 saturated heterocycles. The zero-order valence-corrected chi connectivity index (χ0v) is 11.2. The zero-order valence-electron chi connectivity index (χ0n) is 10.5. The summed E-state index contributed by atoms with van der Waals surface area (Å²) in [4.78, 5) is 15.1. The zero-order chi connectivity index (χ0) is 14.0. The predicted molar refractivity (Wildman–Crippen MR) is 72.2 cm³/mol. The van der Waals surface area contributed by atoms with Crippen LogP contribution >= 0.6 is 11.6 Å². The van der Waals surface area contributed by atoms with Crippen LogP contribution in [0.25, 0.3) is 0 Å². The Morgan fingerprint density at radius 2 is 2.00 bits per heavy atom. The number of carboxylic acid groups (broad SMARTS) is 1. The molecule has 0 aliphatic rings. The molecule has 0 spiro atoms. The SMILES string of the molecule is Cc1cc(Oc2cc(Cl)ccc2C)c(C(=O)O)cn1. The van der Waals surface area contributed by atoms with Gasteiger partial charge in [0.05, 0.1) is 0 Å². The Labute approximate surface area is 115 Å². The molecule has 0 unspecified atom stereocenters. The molecule has 2 rings (SSSR count). The monoisotopic (exact) mass is 277 g/mol. The molecule has 0 fully saturated rings. The van der Waals surface area contributed by atoms with Crippen molar-refractivity contribution in [1.29, 1.82) is 0 Å². The lowest BCUT2D eigenvalue weighted by Crippen LogP contribution is -2.02. The lowest BCUT2D eigenvalue weighted by atomic mass is 10.2. The highest BCUT2D eigenvalue weighted by Gasteiger charge is 2.14. The van der Waals surface area contributed by atoms with Crippen molar-refractivity contribution in [3.63, 3.8) is 0 Å². The summed E-state index contributed by atoms with van der Waals surface area (Å²) in [6.07, 6.45) is 1.28. The van der Waals surface area contributed by atoms with Crippen LogP contribution < -0.4 is 4.74 Å². The van der Waals surface area contributed by atoms with Gasteiger partial charge in [-0.3, -0.25) is 4.98 Å². The molecule has 98 valence electrons. The summed E-state index contributed by atoms with van der Waals surface area (Å²) in [7, 11) is 0. The Bertz CT molecular complexity index is 641. The number of aryl methyl sites for hydroxylation is 2. The van der Waals surface area contributed by atoms with E-state index in [1.165, 1.54) is 6.20 Å². The van der Waals surface area contributed by atoms with Gasteiger partial charge in [-0.1, -0.05) is 17.7 Å². The van der Waals surface area contributed by atoms with Crippen LogP contribution in [-0.2, 0) is 0 Å². The molecule has 0 saturated carbocycles. The van der Waals surface area contributed by atoms with Gasteiger partial charge in [-0.2, -0.15) is 0 Å². The summed E-state index contributed by atoms with van der Waals surface area (Å²) in [6.45, 7) is 3.63. The fourth-order valence-corrected chi connectivity index (χ4v) is 1.74. The molecule has 0 atom stereocenters. The normalized spacial score (nSPS) is 10.3. The van der Waals surface area contributed by atoms with Crippen LogP contribution in [0.1, 0.15) is 21.6 Å². The van der Waals surface area contributed by atoms with E-state index in [1.54, 1.807) is 25.1 Å². The molecular formula is C14H12ClNO3. The molecule has 1 N–H and O–H groups in total. The Morgan fingerprint density at radius 3 is 2.68 bits per heavy atom. The second-order valence-corrected chi connectivity index (χ2v) is 4.58. The quantitative estimate of drug-likeness (QED) is 0.926. The van der Waals surface area contributed by atoms with Gasteiger partial charge in [0.2, 0.25) is 0 Å². The summed E-state index contributed by atoms with van der Waals surface area (Å²) in [5, 5.41) is 9.64. The number of aromatic carboxylic acids is 1. The Balaban J connectivity index is 2.45. The van der Waals surface area contributed by atoms with E-state index in [9.17, 15) is 4.79 Å². The van der Waals surface area contributed by atoms with E-state index in [-0.39, 0.29) is 11.3 Å². The largest absolute Gasteiger partial charge is 0.477 e. The molecule has 0 radical (unpaired) electrons. The van der Waals surface area contributed by atoms with Crippen LogP contribution in [-0.4, -0.2) is 16.1 Å². The highest BCUT2D eigenvalue weighted by atomic mass is 35.5. The van der Waals surface area contributed by atoms with Crippen molar-refractivity contribution in [2.24, 2.45) is 0 Å². The number of pyridine rings is 1. The van der Waals surface area contributed by atoms with Gasteiger partial charge in [-0.15, -0.1) is 0 Å². The number of halogens is 1. The first-order chi connectivity index (χ1) is 8.97. The second-order valence-electron chi connectivity index (χ2n) is 4.14. The number of ether oxygens (including phenoxy) is 1. The van der Waals surface area contributed by atoms with Gasteiger partial charge in [-0.25, -0.2) is 4.79 Å². The molecule has 0 bridgehead atoms. The fourth-order valence-electron chi connectivity index (χ4n) is 1.58. The number of carbonyl (C=O) groups is 1. The lowest BCUT2D eigenvalue weighted by Gasteiger charge is -2.11. The van der Waals surface area contributed by atoms with E-state index in [0.717, 1.165) is 5.56 Å². The highest BCUT2D eigenvalue weighted by molar-refractivity contribution is 6.30. The van der Waals surface area contributed by atoms with Gasteiger partial charge in [0.15, 0.2) is 0 Å². The van der Waals surface area contributed by atoms with Gasteiger partial charge in [0, 0.05) is 23.0 Å². The summed E-state index contributed by atoms with van der Waals surface area (Å²) < 4.78 is 5.66. The van der Waals surface area contributed by atoms with Crippen molar-refractivity contribution in [1.82, 2.24) is 4.98 Å². The molecular weight excluding hydrogens is 266 g/mol. The van der Waals surface area contributed by atoms with E-state index in [1.807, 2.05) is 13.0 Å². The summed E-state index contributed by atoms with van der Waals surface area (Å²) in [5.41, 5.74) is 1.57. The van der Waals surface area contributed by atoms with Crippen LogP contribution in [0.15, 0.2) is 30.5 Å². The average Bonchev–Trinajstić information content (AvgIpc) is 2.33. The summed E-state index contributed by atoms with van der Waals surface area (Å²) in [6, 6.07) is 6.80. The fraction of sp³-hybridized carbons (Fsp3) is 0.143. The number of benzene rings is 1. The number of aromatic nitrogens is 1. The molecule has 0 amide bonds. The minimum absolute atomic E-state index is 0.0185. The topological polar surface area (TPSA) is 59.4 Å². The number of rotatable bonds is 3. The van der Waals surface area contributed by atoms with Crippen LogP contribution in [0.3, 0.4) is 0 Å². The van der Waals surface area contributed by atoms with Gasteiger partial charge < -0.3 is 9.84 Å². The highest BCUT2D eigenvalue weighted by Crippen LogP contribution is 2.30. The minimum Gasteiger partial charge on any atom is -0.477 e. The Morgan fingerprint density at radius 1 is 1.26 bits per heavy atom. The summed E-state index contributed by atoms with van der Waals surface area (Å²) in [5.74, 6) is -0.298. The van der Waals surface area contributed by atoms with Gasteiger partial charge in [-0.05, 0) is 31.5 Å². The van der Waals surface area contributed by atoms with Crippen molar-refractivity contribution in [3.8, 4) is 11.5 Å². The van der Waals surface area contributed by atoms with E-state index in [0.29, 0.717) is 16.5 Å². The summed E-state index contributed by atoms with van der Waals surface area (Å²) >= 11 is 5.91. The third-order valence-electron chi connectivity index (χ3n) is 2.60.